The van der Waals surface area contributed by atoms with Crippen LogP contribution < -0.4 is 14.5 Å². The van der Waals surface area contributed by atoms with E-state index in [0.717, 1.165) is 56.6 Å². The fourth-order valence-corrected chi connectivity index (χ4v) is 9.64. The highest BCUT2D eigenvalue weighted by Crippen LogP contribution is 2.52. The Labute approximate surface area is 328 Å². The molecule has 0 amide bonds. The van der Waals surface area contributed by atoms with Crippen LogP contribution in [0.15, 0.2) is 180 Å². The summed E-state index contributed by atoms with van der Waals surface area (Å²) in [6, 6.07) is 61.8. The minimum atomic E-state index is -0.828. The second kappa shape index (κ2) is 13.6. The maximum atomic E-state index is 6.85. The summed E-state index contributed by atoms with van der Waals surface area (Å²) in [5, 5.41) is 4.74. The lowest BCUT2D eigenvalue weighted by Crippen LogP contribution is -2.11. The third-order valence-electron chi connectivity index (χ3n) is 10.5. The number of hydrogen-bond donors (Lipinski definition) is 0. The van der Waals surface area contributed by atoms with Gasteiger partial charge in [-0.1, -0.05) is 54.6 Å². The van der Waals surface area contributed by atoms with Gasteiger partial charge >= 0.3 is 0 Å². The normalized spacial score (nSPS) is 12.9. The molecule has 3 nitrogen and oxygen atoms in total. The zero-order valence-electron chi connectivity index (χ0n) is 32.3. The first-order chi connectivity index (χ1) is 26.5. The molecule has 0 aliphatic carbocycles. The van der Waals surface area contributed by atoms with Crippen LogP contribution in [0.2, 0.25) is 0 Å². The van der Waals surface area contributed by atoms with Crippen LogP contribution in [0.3, 0.4) is 0 Å². The van der Waals surface area contributed by atoms with Gasteiger partial charge in [0.05, 0.1) is 0 Å². The van der Waals surface area contributed by atoms with Gasteiger partial charge in [-0.15, -0.1) is 0 Å². The van der Waals surface area contributed by atoms with E-state index in [-0.39, 0.29) is 0 Å². The number of hydrogen-bond acceptors (Lipinski definition) is 3. The summed E-state index contributed by atoms with van der Waals surface area (Å²) in [5.74, 6) is 1.74. The van der Waals surface area contributed by atoms with Crippen molar-refractivity contribution in [2.24, 2.45) is 0 Å². The number of anilines is 6. The van der Waals surface area contributed by atoms with Gasteiger partial charge < -0.3 is 14.5 Å². The Kier molecular flexibility index (Phi) is 8.68. The first-order valence-electron chi connectivity index (χ1n) is 18.6. The molecule has 1 aliphatic rings. The molecule has 0 atom stereocenters. The quantitative estimate of drug-likeness (QED) is 0.144. The van der Waals surface area contributed by atoms with Gasteiger partial charge in [-0.2, -0.15) is 0 Å². The van der Waals surface area contributed by atoms with Crippen molar-refractivity contribution in [3.8, 4) is 22.6 Å². The first kappa shape index (κ1) is 35.1. The predicted octanol–water partition coefficient (Wildman–Crippen LogP) is 14.8. The van der Waals surface area contributed by atoms with Gasteiger partial charge in [0.25, 0.3) is 0 Å². The fraction of sp³-hybridized carbons (Fsp3) is 0.120. The molecule has 0 radical (unpaired) electrons. The van der Waals surface area contributed by atoms with Gasteiger partial charge in [-0.05, 0) is 178 Å². The molecule has 0 spiro atoms. The monoisotopic (exact) mass is 754 g/mol. The molecule has 0 unspecified atom stereocenters. The average molecular weight is 755 g/mol. The van der Waals surface area contributed by atoms with E-state index >= 15 is 0 Å². The van der Waals surface area contributed by atoms with Crippen LogP contribution in [0.4, 0.5) is 34.1 Å². The lowest BCUT2D eigenvalue weighted by Gasteiger charge is -2.30. The van der Waals surface area contributed by atoms with Crippen molar-refractivity contribution in [3.63, 3.8) is 0 Å². The summed E-state index contributed by atoms with van der Waals surface area (Å²) in [6.45, 7) is 0. The Hall–Kier alpha value is -5.62. The average Bonchev–Trinajstić information content (AvgIpc) is 3.19. The molecule has 0 aromatic heterocycles. The Morgan fingerprint density at radius 3 is 1.40 bits per heavy atom. The Bertz CT molecular complexity index is 2680. The molecular formula is C50H46N2OS2. The summed E-state index contributed by atoms with van der Waals surface area (Å²) >= 11 is 0. The standard InChI is InChI=1S/C50H46N2OS2/c1-54(2,3)42-27-22-38(23-28-42)51(36-14-9-7-10-15-36)40-21-20-35-32-47-44-31-26-41(34-49(44)53-48-19-13-18-45(50(47)48)46(35)33-40)52(37-16-11-8-12-17-37)39-24-29-43(30-25-39)55(4,5)6/h7-34H,1-6H3. The molecule has 1 heterocycles. The van der Waals surface area contributed by atoms with Crippen LogP contribution in [0.5, 0.6) is 11.5 Å². The van der Waals surface area contributed by atoms with Gasteiger partial charge in [0.15, 0.2) is 0 Å². The third kappa shape index (κ3) is 6.52. The summed E-state index contributed by atoms with van der Waals surface area (Å²) in [5.41, 5.74) is 8.97. The molecule has 0 N–H and O–H groups in total. The number of rotatable bonds is 8. The van der Waals surface area contributed by atoms with Crippen molar-refractivity contribution in [2.45, 2.75) is 9.79 Å². The van der Waals surface area contributed by atoms with Crippen LogP contribution in [-0.2, 0) is 0 Å². The molecule has 9 rings (SSSR count). The van der Waals surface area contributed by atoms with E-state index in [9.17, 15) is 0 Å². The van der Waals surface area contributed by atoms with Gasteiger partial charge in [-0.25, -0.2) is 20.1 Å². The number of fused-ring (bicyclic) bond motifs is 4. The van der Waals surface area contributed by atoms with E-state index in [1.54, 1.807) is 0 Å². The second-order valence-corrected chi connectivity index (χ2v) is 24.1. The molecule has 274 valence electrons. The SMILES string of the molecule is CS(C)(C)c1ccc(N(c2ccccc2)c2ccc3c(c2)Oc2cccc4c2c-3cc2ccc(N(c3ccccc3)c3ccc(S(C)(C)C)cc3)cc24)cc1. The van der Waals surface area contributed by atoms with Crippen molar-refractivity contribution in [1.82, 2.24) is 0 Å². The molecule has 55 heavy (non-hydrogen) atoms. The molecule has 0 bridgehead atoms. The number of nitrogens with zero attached hydrogens (tertiary/aromatic N) is 2. The molecule has 0 saturated heterocycles. The Morgan fingerprint density at radius 1 is 0.364 bits per heavy atom. The predicted molar refractivity (Wildman–Crippen MR) is 244 cm³/mol. The van der Waals surface area contributed by atoms with E-state index < -0.39 is 20.1 Å². The van der Waals surface area contributed by atoms with Crippen LogP contribution in [0.1, 0.15) is 0 Å². The molecule has 5 heteroatoms. The first-order valence-corrected chi connectivity index (χ1v) is 24.3. The molecular weight excluding hydrogens is 709 g/mol. The van der Waals surface area contributed by atoms with Crippen LogP contribution in [-0.4, -0.2) is 37.5 Å². The zero-order valence-corrected chi connectivity index (χ0v) is 33.9. The lowest BCUT2D eigenvalue weighted by molar-refractivity contribution is 0.487. The van der Waals surface area contributed by atoms with E-state index in [0.29, 0.717) is 0 Å². The van der Waals surface area contributed by atoms with Crippen LogP contribution >= 0.6 is 20.1 Å². The van der Waals surface area contributed by atoms with Crippen molar-refractivity contribution < 1.29 is 4.74 Å². The van der Waals surface area contributed by atoms with E-state index in [4.69, 9.17) is 4.74 Å². The Morgan fingerprint density at radius 2 is 0.855 bits per heavy atom. The summed E-state index contributed by atoms with van der Waals surface area (Å²) < 4.78 is 6.85. The second-order valence-electron chi connectivity index (χ2n) is 15.8. The Balaban J connectivity index is 1.15. The zero-order chi connectivity index (χ0) is 37.9. The number of ether oxygens (including phenoxy) is 1. The largest absolute Gasteiger partial charge is 0.456 e. The minimum Gasteiger partial charge on any atom is -0.456 e. The van der Waals surface area contributed by atoms with Crippen molar-refractivity contribution in [3.05, 3.63) is 170 Å². The summed E-state index contributed by atoms with van der Waals surface area (Å²) in [6.07, 6.45) is 14.0. The smallest absolute Gasteiger partial charge is 0.137 e. The molecule has 0 saturated carbocycles. The number of para-hydroxylation sites is 2. The maximum Gasteiger partial charge on any atom is 0.137 e. The summed E-state index contributed by atoms with van der Waals surface area (Å²) in [4.78, 5) is 7.48. The van der Waals surface area contributed by atoms with Crippen molar-refractivity contribution in [1.29, 1.82) is 0 Å². The highest BCUT2D eigenvalue weighted by Gasteiger charge is 2.25. The minimum absolute atomic E-state index is 0.825. The van der Waals surface area contributed by atoms with Gasteiger partial charge in [-0.3, -0.25) is 0 Å². The van der Waals surface area contributed by atoms with Crippen molar-refractivity contribution >= 4 is 75.7 Å². The van der Waals surface area contributed by atoms with Gasteiger partial charge in [0.2, 0.25) is 0 Å². The third-order valence-corrected chi connectivity index (χ3v) is 13.9. The van der Waals surface area contributed by atoms with Crippen LogP contribution in [0.25, 0.3) is 32.7 Å². The molecule has 1 aliphatic heterocycles. The maximum absolute atomic E-state index is 6.85. The van der Waals surface area contributed by atoms with E-state index in [1.807, 2.05) is 0 Å². The van der Waals surface area contributed by atoms with E-state index in [1.165, 1.54) is 31.5 Å². The highest BCUT2D eigenvalue weighted by atomic mass is 32.3. The van der Waals surface area contributed by atoms with E-state index in [2.05, 4.69) is 217 Å². The van der Waals surface area contributed by atoms with Crippen LogP contribution in [0, 0.1) is 0 Å². The molecule has 0 fully saturated rings. The van der Waals surface area contributed by atoms with Gasteiger partial charge in [0.1, 0.15) is 11.5 Å². The lowest BCUT2D eigenvalue weighted by atomic mass is 9.90. The topological polar surface area (TPSA) is 15.7 Å². The fourth-order valence-electron chi connectivity index (χ4n) is 7.73. The highest BCUT2D eigenvalue weighted by molar-refractivity contribution is 8.32. The number of benzene rings is 8. The van der Waals surface area contributed by atoms with Gasteiger partial charge in [0, 0.05) is 51.1 Å². The molecule has 8 aromatic rings. The summed E-state index contributed by atoms with van der Waals surface area (Å²) in [7, 11) is -1.65. The molecule has 8 aromatic carbocycles. The van der Waals surface area contributed by atoms with Crippen molar-refractivity contribution in [2.75, 3.05) is 47.3 Å².